The predicted octanol–water partition coefficient (Wildman–Crippen LogP) is 1.80. The molecule has 1 fully saturated rings. The Morgan fingerprint density at radius 2 is 2.17 bits per heavy atom. The highest BCUT2D eigenvalue weighted by molar-refractivity contribution is 7.91. The first-order valence-electron chi connectivity index (χ1n) is 9.13. The average molecular weight is 428 g/mol. The molecule has 2 N–H and O–H groups in total. The molecule has 0 bridgehead atoms. The molecule has 3 rings (SSSR count). The number of carbonyl (C=O) groups is 1. The van der Waals surface area contributed by atoms with Crippen molar-refractivity contribution >= 4 is 33.3 Å². The number of carbonyl (C=O) groups excluding carboxylic acids is 1. The van der Waals surface area contributed by atoms with E-state index in [9.17, 15) is 28.4 Å². The van der Waals surface area contributed by atoms with E-state index in [2.05, 4.69) is 10.3 Å². The van der Waals surface area contributed by atoms with Crippen LogP contribution in [0.1, 0.15) is 36.1 Å². The second-order valence-corrected chi connectivity index (χ2v) is 9.30. The molecule has 0 aliphatic carbocycles. The third kappa shape index (κ3) is 4.26. The van der Waals surface area contributed by atoms with Crippen LogP contribution in [0.15, 0.2) is 34.1 Å². The van der Waals surface area contributed by atoms with Gasteiger partial charge in [0, 0.05) is 18.8 Å². The SMILES string of the molecule is CC(=O)Nc1cccc(N=Cc2c(C)c(C#N)c(=O)n([C@H]3CCS(=O)(=O)C3)c2O)c1. The highest BCUT2D eigenvalue weighted by atomic mass is 32.2. The maximum Gasteiger partial charge on any atom is 0.271 e. The van der Waals surface area contributed by atoms with Crippen molar-refractivity contribution in [1.82, 2.24) is 4.57 Å². The van der Waals surface area contributed by atoms with Crippen molar-refractivity contribution in [2.24, 2.45) is 4.99 Å². The molecule has 2 aromatic rings. The fourth-order valence-electron chi connectivity index (χ4n) is 3.42. The summed E-state index contributed by atoms with van der Waals surface area (Å²) in [5.41, 5.74) is 0.515. The molecule has 30 heavy (non-hydrogen) atoms. The normalized spacial score (nSPS) is 17.7. The van der Waals surface area contributed by atoms with Gasteiger partial charge in [-0.25, -0.2) is 8.42 Å². The van der Waals surface area contributed by atoms with E-state index in [4.69, 9.17) is 0 Å². The monoisotopic (exact) mass is 428 g/mol. The molecule has 9 nitrogen and oxygen atoms in total. The van der Waals surface area contributed by atoms with E-state index in [0.717, 1.165) is 4.57 Å². The van der Waals surface area contributed by atoms with Gasteiger partial charge in [-0.2, -0.15) is 5.26 Å². The van der Waals surface area contributed by atoms with Crippen molar-refractivity contribution < 1.29 is 18.3 Å². The molecule has 0 unspecified atom stereocenters. The van der Waals surface area contributed by atoms with Crippen LogP contribution in [0.25, 0.3) is 0 Å². The fourth-order valence-corrected chi connectivity index (χ4v) is 5.12. The van der Waals surface area contributed by atoms with Crippen LogP contribution in [-0.2, 0) is 14.6 Å². The lowest BCUT2D eigenvalue weighted by Crippen LogP contribution is -2.29. The lowest BCUT2D eigenvalue weighted by atomic mass is 10.0. The summed E-state index contributed by atoms with van der Waals surface area (Å²) in [5, 5.41) is 22.8. The molecule has 1 aromatic heterocycles. The number of hydrogen-bond donors (Lipinski definition) is 2. The zero-order valence-electron chi connectivity index (χ0n) is 16.4. The van der Waals surface area contributed by atoms with Crippen LogP contribution in [0.2, 0.25) is 0 Å². The topological polar surface area (TPSA) is 142 Å². The molecule has 1 amide bonds. The molecule has 1 aliphatic rings. The quantitative estimate of drug-likeness (QED) is 0.711. The molecule has 0 spiro atoms. The van der Waals surface area contributed by atoms with E-state index in [1.54, 1.807) is 24.3 Å². The molecule has 10 heteroatoms. The Balaban J connectivity index is 2.08. The fraction of sp³-hybridized carbons (Fsp3) is 0.300. The van der Waals surface area contributed by atoms with Gasteiger partial charge in [0.25, 0.3) is 5.56 Å². The van der Waals surface area contributed by atoms with E-state index < -0.39 is 27.3 Å². The van der Waals surface area contributed by atoms with E-state index in [1.807, 2.05) is 6.07 Å². The van der Waals surface area contributed by atoms with Gasteiger partial charge in [-0.3, -0.25) is 19.1 Å². The van der Waals surface area contributed by atoms with Crippen LogP contribution in [0, 0.1) is 18.3 Å². The summed E-state index contributed by atoms with van der Waals surface area (Å²) in [4.78, 5) is 28.2. The predicted molar refractivity (Wildman–Crippen MR) is 112 cm³/mol. The highest BCUT2D eigenvalue weighted by Gasteiger charge is 2.33. The lowest BCUT2D eigenvalue weighted by Gasteiger charge is -2.18. The Bertz CT molecular complexity index is 1260. The second-order valence-electron chi connectivity index (χ2n) is 7.07. The summed E-state index contributed by atoms with van der Waals surface area (Å²) in [6.45, 7) is 2.90. The molecule has 156 valence electrons. The van der Waals surface area contributed by atoms with Crippen LogP contribution in [0.3, 0.4) is 0 Å². The number of amides is 1. The number of nitrogens with one attached hydrogen (secondary N) is 1. The van der Waals surface area contributed by atoms with Gasteiger partial charge in [0.15, 0.2) is 9.84 Å². The van der Waals surface area contributed by atoms with Crippen molar-refractivity contribution in [2.45, 2.75) is 26.3 Å². The van der Waals surface area contributed by atoms with Gasteiger partial charge >= 0.3 is 0 Å². The summed E-state index contributed by atoms with van der Waals surface area (Å²) >= 11 is 0. The van der Waals surface area contributed by atoms with Crippen molar-refractivity contribution in [2.75, 3.05) is 16.8 Å². The largest absolute Gasteiger partial charge is 0.494 e. The summed E-state index contributed by atoms with van der Waals surface area (Å²) in [6, 6.07) is 7.78. The Morgan fingerprint density at radius 1 is 1.43 bits per heavy atom. The van der Waals surface area contributed by atoms with Crippen LogP contribution in [-0.4, -0.2) is 41.7 Å². The molecule has 0 saturated carbocycles. The van der Waals surface area contributed by atoms with E-state index >= 15 is 0 Å². The van der Waals surface area contributed by atoms with Gasteiger partial charge in [0.05, 0.1) is 28.8 Å². The number of hydrogen-bond acceptors (Lipinski definition) is 7. The Kier molecular flexibility index (Phi) is 5.75. The van der Waals surface area contributed by atoms with Gasteiger partial charge in [0.1, 0.15) is 11.6 Å². The van der Waals surface area contributed by atoms with E-state index in [-0.39, 0.29) is 40.5 Å². The van der Waals surface area contributed by atoms with Gasteiger partial charge in [-0.05, 0) is 37.1 Å². The molecule has 1 saturated heterocycles. The number of nitrogens with zero attached hydrogens (tertiary/aromatic N) is 3. The maximum absolute atomic E-state index is 12.7. The summed E-state index contributed by atoms with van der Waals surface area (Å²) in [7, 11) is -3.31. The van der Waals surface area contributed by atoms with Crippen LogP contribution in [0.4, 0.5) is 11.4 Å². The number of aromatic nitrogens is 1. The molecule has 0 radical (unpaired) electrons. The maximum atomic E-state index is 12.7. The minimum absolute atomic E-state index is 0.0846. The Morgan fingerprint density at radius 3 is 2.77 bits per heavy atom. The minimum atomic E-state index is -3.31. The number of aromatic hydroxyl groups is 1. The number of anilines is 1. The number of aliphatic imine (C=N–C) groups is 1. The number of rotatable bonds is 4. The number of pyridine rings is 1. The van der Waals surface area contributed by atoms with Crippen molar-refractivity contribution in [1.29, 1.82) is 5.26 Å². The summed E-state index contributed by atoms with van der Waals surface area (Å²) in [6.07, 6.45) is 1.50. The lowest BCUT2D eigenvalue weighted by molar-refractivity contribution is -0.114. The average Bonchev–Trinajstić information content (AvgIpc) is 3.01. The standard InChI is InChI=1S/C20H20N4O5S/c1-12-17(9-21)19(26)24(16-6-7-30(28,29)11-16)20(27)18(12)10-22-14-4-3-5-15(8-14)23-13(2)25/h3-5,8,10,16,27H,6-7,11H2,1-2H3,(H,23,25)/t16-/m0/s1. The number of benzene rings is 1. The molecule has 1 aromatic carbocycles. The molecule has 1 atom stereocenters. The molecular weight excluding hydrogens is 408 g/mol. The zero-order valence-corrected chi connectivity index (χ0v) is 17.2. The van der Waals surface area contributed by atoms with Crippen LogP contribution >= 0.6 is 0 Å². The van der Waals surface area contributed by atoms with E-state index in [1.165, 1.54) is 20.1 Å². The number of sulfone groups is 1. The summed E-state index contributed by atoms with van der Waals surface area (Å²) in [5.74, 6) is -1.02. The van der Waals surface area contributed by atoms with Crippen molar-refractivity contribution in [3.8, 4) is 11.9 Å². The van der Waals surface area contributed by atoms with E-state index in [0.29, 0.717) is 11.4 Å². The third-order valence-corrected chi connectivity index (χ3v) is 6.63. The van der Waals surface area contributed by atoms with Gasteiger partial charge in [-0.1, -0.05) is 6.07 Å². The number of nitriles is 1. The van der Waals surface area contributed by atoms with Crippen molar-refractivity contribution in [3.63, 3.8) is 0 Å². The first-order valence-corrected chi connectivity index (χ1v) is 11.0. The highest BCUT2D eigenvalue weighted by Crippen LogP contribution is 2.30. The zero-order chi connectivity index (χ0) is 22.1. The first kappa shape index (κ1) is 21.3. The molecule has 2 heterocycles. The van der Waals surface area contributed by atoms with Gasteiger partial charge < -0.3 is 10.4 Å². The van der Waals surface area contributed by atoms with Crippen molar-refractivity contribution in [3.05, 3.63) is 51.3 Å². The smallest absolute Gasteiger partial charge is 0.271 e. The minimum Gasteiger partial charge on any atom is -0.494 e. The van der Waals surface area contributed by atoms with Crippen LogP contribution < -0.4 is 10.9 Å². The van der Waals surface area contributed by atoms with Crippen LogP contribution in [0.5, 0.6) is 5.88 Å². The molecule has 1 aliphatic heterocycles. The summed E-state index contributed by atoms with van der Waals surface area (Å²) < 4.78 is 24.7. The third-order valence-electron chi connectivity index (χ3n) is 4.88. The van der Waals surface area contributed by atoms with Gasteiger partial charge in [-0.15, -0.1) is 0 Å². The van der Waals surface area contributed by atoms with Gasteiger partial charge in [0.2, 0.25) is 11.8 Å². The Hall–Kier alpha value is -3.45. The second kappa shape index (κ2) is 8.12. The Labute approximate surface area is 173 Å². The first-order chi connectivity index (χ1) is 14.1. The molecular formula is C20H20N4O5S.